The van der Waals surface area contributed by atoms with Crippen molar-refractivity contribution in [1.29, 1.82) is 0 Å². The summed E-state index contributed by atoms with van der Waals surface area (Å²) in [6.45, 7) is 0. The van der Waals surface area contributed by atoms with Crippen molar-refractivity contribution in [2.45, 2.75) is 12.5 Å². The molecule has 3 aromatic rings. The zero-order valence-corrected chi connectivity index (χ0v) is 13.8. The number of H-pyrrole nitrogens is 1. The molecule has 23 heavy (non-hydrogen) atoms. The first-order valence-corrected chi connectivity index (χ1v) is 6.99. The fourth-order valence-corrected chi connectivity index (χ4v) is 2.09. The topological polar surface area (TPSA) is 69.2 Å². The normalized spacial score (nSPS) is 10.8. The van der Waals surface area contributed by atoms with Gasteiger partial charge in [0, 0.05) is 18.3 Å². The summed E-state index contributed by atoms with van der Waals surface area (Å²) >= 11 is 0. The van der Waals surface area contributed by atoms with Gasteiger partial charge in [-0.1, -0.05) is 5.69 Å². The molecule has 0 saturated heterocycles. The van der Waals surface area contributed by atoms with Gasteiger partial charge < -0.3 is 15.0 Å². The van der Waals surface area contributed by atoms with E-state index in [1.165, 1.54) is 0 Å². The first kappa shape index (κ1) is 18.7. The smallest absolute Gasteiger partial charge is 0.480 e. The van der Waals surface area contributed by atoms with Crippen LogP contribution >= 0.6 is 0 Å². The van der Waals surface area contributed by atoms with Crippen molar-refractivity contribution < 1.29 is 27.0 Å². The number of hydrogen-bond donors (Lipinski definition) is 2. The molecular weight excluding hydrogens is 334 g/mol. The van der Waals surface area contributed by atoms with Crippen LogP contribution in [0.4, 0.5) is 5.69 Å². The first-order chi connectivity index (χ1) is 10.7. The van der Waals surface area contributed by atoms with Crippen molar-refractivity contribution in [2.75, 3.05) is 11.9 Å². The molecule has 0 amide bonds. The number of aliphatic carboxylic acids is 1. The second-order valence-corrected chi connectivity index (χ2v) is 4.85. The van der Waals surface area contributed by atoms with Gasteiger partial charge >= 0.3 is 23.0 Å². The van der Waals surface area contributed by atoms with E-state index in [0.717, 1.165) is 11.4 Å². The third-order valence-electron chi connectivity index (χ3n) is 3.33. The van der Waals surface area contributed by atoms with Gasteiger partial charge in [-0.05, 0) is 7.05 Å². The van der Waals surface area contributed by atoms with Gasteiger partial charge in [-0.3, -0.25) is 4.79 Å². The summed E-state index contributed by atoms with van der Waals surface area (Å²) in [5.41, 5.74) is 1.72. The van der Waals surface area contributed by atoms with Crippen LogP contribution in [0.15, 0.2) is 67.1 Å². The van der Waals surface area contributed by atoms with Gasteiger partial charge in [0.1, 0.15) is 6.04 Å². The van der Waals surface area contributed by atoms with E-state index in [2.05, 4.69) is 9.97 Å². The summed E-state index contributed by atoms with van der Waals surface area (Å²) in [4.78, 5) is 19.9. The number of carboxylic acids is 1. The standard InChI is InChI=1S/C12H14N3O2.C5H5.Fe/c1-15(10-4-2-3-5-10)11(12(16)17)6-9-7-13-8-14-9;1-2-4-5-3-1;/h2-5,7-8,11H,6H2,1H3,(H,13,14)(H,16,17);1-5H;/q2*-1;+2/t11-;;/m0../s1. The van der Waals surface area contributed by atoms with Crippen LogP contribution in [-0.4, -0.2) is 34.1 Å². The summed E-state index contributed by atoms with van der Waals surface area (Å²) in [6.07, 6.45) is 3.60. The SMILES string of the molecule is CN([c-]1cccc1)[C@@H](Cc1cnc[nH]1)C(=O)O.[Fe+2].c1cc[cH-]c1. The number of nitrogens with zero attached hydrogens (tertiary/aromatic N) is 2. The van der Waals surface area contributed by atoms with E-state index in [1.807, 2.05) is 54.6 Å². The number of carbonyl (C=O) groups is 1. The van der Waals surface area contributed by atoms with Gasteiger partial charge in [0.15, 0.2) is 0 Å². The third kappa shape index (κ3) is 5.77. The molecule has 3 rings (SSSR count). The van der Waals surface area contributed by atoms with Crippen LogP contribution < -0.4 is 4.90 Å². The quantitative estimate of drug-likeness (QED) is 0.547. The molecule has 0 saturated carbocycles. The first-order valence-electron chi connectivity index (χ1n) is 6.99. The van der Waals surface area contributed by atoms with E-state index >= 15 is 0 Å². The summed E-state index contributed by atoms with van der Waals surface area (Å²) < 4.78 is 0. The zero-order valence-electron chi connectivity index (χ0n) is 12.7. The number of imidazole rings is 1. The third-order valence-corrected chi connectivity index (χ3v) is 3.33. The van der Waals surface area contributed by atoms with Crippen LogP contribution in [0.3, 0.4) is 0 Å². The maximum Gasteiger partial charge on any atom is 2.00 e. The van der Waals surface area contributed by atoms with E-state index in [-0.39, 0.29) is 17.1 Å². The molecule has 1 heterocycles. The van der Waals surface area contributed by atoms with Gasteiger partial charge in [0.2, 0.25) is 0 Å². The molecule has 122 valence electrons. The van der Waals surface area contributed by atoms with Gasteiger partial charge in [-0.2, -0.15) is 30.3 Å². The molecule has 0 aliphatic carbocycles. The molecule has 6 heteroatoms. The Labute approximate surface area is 146 Å². The van der Waals surface area contributed by atoms with Crippen molar-refractivity contribution in [1.82, 2.24) is 9.97 Å². The van der Waals surface area contributed by atoms with Crippen molar-refractivity contribution in [2.24, 2.45) is 0 Å². The molecule has 0 aliphatic rings. The molecule has 1 atom stereocenters. The Morgan fingerprint density at radius 3 is 2.43 bits per heavy atom. The summed E-state index contributed by atoms with van der Waals surface area (Å²) in [5.74, 6) is -0.844. The van der Waals surface area contributed by atoms with E-state index < -0.39 is 12.0 Å². The van der Waals surface area contributed by atoms with Crippen molar-refractivity contribution >= 4 is 11.7 Å². The van der Waals surface area contributed by atoms with E-state index in [9.17, 15) is 9.90 Å². The second-order valence-electron chi connectivity index (χ2n) is 4.85. The van der Waals surface area contributed by atoms with Gasteiger partial charge in [0.25, 0.3) is 0 Å². The molecule has 0 aliphatic heterocycles. The van der Waals surface area contributed by atoms with Crippen LogP contribution in [0.2, 0.25) is 0 Å². The van der Waals surface area contributed by atoms with Crippen LogP contribution in [0.5, 0.6) is 0 Å². The Morgan fingerprint density at radius 1 is 1.35 bits per heavy atom. The maximum absolute atomic E-state index is 11.3. The number of aromatic nitrogens is 2. The molecular formula is C17H19FeN3O2. The van der Waals surface area contributed by atoms with Gasteiger partial charge in [-0.15, -0.1) is 0 Å². The number of nitrogens with one attached hydrogen (secondary N) is 1. The molecule has 1 aromatic heterocycles. The second kappa shape index (κ2) is 9.66. The number of hydrogen-bond acceptors (Lipinski definition) is 3. The average Bonchev–Trinajstić information content (AvgIpc) is 3.29. The Bertz CT molecular complexity index is 616. The Kier molecular flexibility index (Phi) is 7.88. The Balaban J connectivity index is 0.000000377. The molecule has 2 aromatic carbocycles. The predicted molar refractivity (Wildman–Crippen MR) is 86.2 cm³/mol. The van der Waals surface area contributed by atoms with Crippen LogP contribution in [0.25, 0.3) is 0 Å². The summed E-state index contributed by atoms with van der Waals surface area (Å²) in [6, 6.07) is 17.0. The van der Waals surface area contributed by atoms with Gasteiger partial charge in [0.05, 0.1) is 6.33 Å². The monoisotopic (exact) mass is 353 g/mol. The van der Waals surface area contributed by atoms with Crippen LogP contribution in [0.1, 0.15) is 5.69 Å². The number of likely N-dealkylation sites (N-methyl/N-ethyl adjacent to an activating group) is 1. The Hall–Kier alpha value is -2.30. The Morgan fingerprint density at radius 2 is 2.00 bits per heavy atom. The fourth-order valence-electron chi connectivity index (χ4n) is 2.09. The molecule has 0 radical (unpaired) electrons. The van der Waals surface area contributed by atoms with Gasteiger partial charge in [-0.25, -0.2) is 29.2 Å². The minimum atomic E-state index is -0.844. The molecule has 0 bridgehead atoms. The molecule has 5 nitrogen and oxygen atoms in total. The number of aromatic amines is 1. The maximum atomic E-state index is 11.3. The summed E-state index contributed by atoms with van der Waals surface area (Å²) in [5, 5.41) is 9.27. The summed E-state index contributed by atoms with van der Waals surface area (Å²) in [7, 11) is 1.78. The number of carboxylic acid groups (broad SMARTS) is 1. The number of anilines is 1. The molecule has 0 unspecified atom stereocenters. The molecule has 0 fully saturated rings. The van der Waals surface area contributed by atoms with Crippen molar-refractivity contribution in [3.8, 4) is 0 Å². The fraction of sp³-hybridized carbons (Fsp3) is 0.176. The van der Waals surface area contributed by atoms with Crippen molar-refractivity contribution in [3.05, 3.63) is 72.8 Å². The van der Waals surface area contributed by atoms with Crippen LogP contribution in [-0.2, 0) is 28.3 Å². The largest absolute Gasteiger partial charge is 2.00 e. The minimum Gasteiger partial charge on any atom is -0.480 e. The van der Waals surface area contributed by atoms with Crippen molar-refractivity contribution in [3.63, 3.8) is 0 Å². The predicted octanol–water partition coefficient (Wildman–Crippen LogP) is 2.66. The average molecular weight is 353 g/mol. The van der Waals surface area contributed by atoms with E-state index in [0.29, 0.717) is 6.42 Å². The zero-order chi connectivity index (χ0) is 15.8. The van der Waals surface area contributed by atoms with E-state index in [1.54, 1.807) is 24.5 Å². The minimum absolute atomic E-state index is 0. The molecule has 2 N–H and O–H groups in total. The number of rotatable bonds is 5. The van der Waals surface area contributed by atoms with E-state index in [4.69, 9.17) is 0 Å². The van der Waals surface area contributed by atoms with Crippen LogP contribution in [0, 0.1) is 0 Å². The molecule has 0 spiro atoms.